The van der Waals surface area contributed by atoms with Crippen molar-refractivity contribution in [3.05, 3.63) is 60.8 Å². The third-order valence-electron chi connectivity index (χ3n) is 4.23. The molecule has 0 aliphatic rings. The van der Waals surface area contributed by atoms with Crippen molar-refractivity contribution in [1.82, 2.24) is 4.98 Å². The number of methoxy groups -OCH3 is 1. The molecule has 0 saturated carbocycles. The van der Waals surface area contributed by atoms with Crippen molar-refractivity contribution in [1.29, 1.82) is 0 Å². The number of aromatic nitrogens is 1. The van der Waals surface area contributed by atoms with Gasteiger partial charge in [0.2, 0.25) is 11.8 Å². The summed E-state index contributed by atoms with van der Waals surface area (Å²) in [6.45, 7) is 1.74. The molecule has 1 N–H and O–H groups in total. The van der Waals surface area contributed by atoms with Gasteiger partial charge < -0.3 is 15.0 Å². The average Bonchev–Trinajstić information content (AvgIpc) is 2.68. The van der Waals surface area contributed by atoms with Crippen LogP contribution in [0.5, 0.6) is 5.75 Å². The van der Waals surface area contributed by atoms with Crippen LogP contribution in [0.25, 0.3) is 10.9 Å². The van der Waals surface area contributed by atoms with E-state index in [1.54, 1.807) is 30.3 Å². The number of para-hydroxylation sites is 3. The predicted molar refractivity (Wildman–Crippen MR) is 106 cm³/mol. The van der Waals surface area contributed by atoms with Crippen LogP contribution in [0.3, 0.4) is 0 Å². The van der Waals surface area contributed by atoms with E-state index >= 15 is 0 Å². The molecule has 0 aliphatic carbocycles. The Kier molecular flexibility index (Phi) is 5.66. The lowest BCUT2D eigenvalue weighted by atomic mass is 10.1. The largest absolute Gasteiger partial charge is 0.495 e. The number of nitrogens with zero attached hydrogens (tertiary/aromatic N) is 2. The van der Waals surface area contributed by atoms with Crippen LogP contribution in [0.1, 0.15) is 13.3 Å². The summed E-state index contributed by atoms with van der Waals surface area (Å²) in [7, 11) is 1.55. The van der Waals surface area contributed by atoms with Crippen molar-refractivity contribution >= 4 is 34.1 Å². The Bertz CT molecular complexity index is 966. The molecule has 138 valence electrons. The number of ether oxygens (including phenoxy) is 1. The Hall–Kier alpha value is -3.41. The van der Waals surface area contributed by atoms with E-state index in [4.69, 9.17) is 4.74 Å². The molecular weight excluding hydrogens is 342 g/mol. The number of nitrogens with one attached hydrogen (secondary N) is 1. The molecular formula is C21H21N3O3. The second-order valence-corrected chi connectivity index (χ2v) is 6.02. The van der Waals surface area contributed by atoms with Crippen LogP contribution in [-0.4, -0.2) is 30.5 Å². The first-order valence-corrected chi connectivity index (χ1v) is 8.65. The maximum Gasteiger partial charge on any atom is 0.226 e. The normalized spacial score (nSPS) is 10.4. The van der Waals surface area contributed by atoms with Crippen LogP contribution in [0.15, 0.2) is 60.8 Å². The van der Waals surface area contributed by atoms with E-state index in [0.717, 1.165) is 10.9 Å². The zero-order valence-corrected chi connectivity index (χ0v) is 15.3. The lowest BCUT2D eigenvalue weighted by Crippen LogP contribution is -2.32. The molecule has 6 nitrogen and oxygen atoms in total. The van der Waals surface area contributed by atoms with Crippen LogP contribution in [0, 0.1) is 0 Å². The molecule has 0 spiro atoms. The van der Waals surface area contributed by atoms with E-state index in [0.29, 0.717) is 17.1 Å². The quantitative estimate of drug-likeness (QED) is 0.726. The Balaban J connectivity index is 1.75. The fraction of sp³-hybridized carbons (Fsp3) is 0.190. The van der Waals surface area contributed by atoms with Crippen molar-refractivity contribution in [2.24, 2.45) is 0 Å². The summed E-state index contributed by atoms with van der Waals surface area (Å²) in [5, 5.41) is 3.77. The minimum absolute atomic E-state index is 0.141. The van der Waals surface area contributed by atoms with Crippen molar-refractivity contribution in [2.75, 3.05) is 23.9 Å². The van der Waals surface area contributed by atoms with Gasteiger partial charge in [-0.2, -0.15) is 0 Å². The summed E-state index contributed by atoms with van der Waals surface area (Å²) in [5.41, 5.74) is 2.04. The Morgan fingerprint density at radius 3 is 2.63 bits per heavy atom. The van der Waals surface area contributed by atoms with E-state index in [9.17, 15) is 9.59 Å². The number of hydrogen-bond donors (Lipinski definition) is 1. The highest BCUT2D eigenvalue weighted by Gasteiger charge is 2.17. The SMILES string of the molecule is COc1ccccc1NC(=O)CCN(C(C)=O)c1cccc2cccnc12. The predicted octanol–water partition coefficient (Wildman–Crippen LogP) is 3.63. The van der Waals surface area contributed by atoms with Gasteiger partial charge in [0.15, 0.2) is 0 Å². The number of benzene rings is 2. The van der Waals surface area contributed by atoms with Gasteiger partial charge in [-0.05, 0) is 24.3 Å². The molecule has 0 atom stereocenters. The molecule has 27 heavy (non-hydrogen) atoms. The standard InChI is InChI=1S/C21H21N3O3/c1-15(25)24(18-10-5-7-16-8-6-13-22-21(16)18)14-12-20(26)23-17-9-3-4-11-19(17)27-2/h3-11,13H,12,14H2,1-2H3,(H,23,26). The van der Waals surface area contributed by atoms with Gasteiger partial charge in [0, 0.05) is 31.5 Å². The number of fused-ring (bicyclic) bond motifs is 1. The highest BCUT2D eigenvalue weighted by Crippen LogP contribution is 2.26. The van der Waals surface area contributed by atoms with Crippen LogP contribution in [-0.2, 0) is 9.59 Å². The first kappa shape index (κ1) is 18.4. The number of carbonyl (C=O) groups excluding carboxylic acids is 2. The molecule has 0 fully saturated rings. The first-order chi connectivity index (χ1) is 13.1. The number of anilines is 2. The van der Waals surface area contributed by atoms with Gasteiger partial charge in [-0.1, -0.05) is 30.3 Å². The summed E-state index contributed by atoms with van der Waals surface area (Å²) in [4.78, 5) is 30.6. The van der Waals surface area contributed by atoms with Crippen molar-refractivity contribution in [3.63, 3.8) is 0 Å². The molecule has 2 amide bonds. The van der Waals surface area contributed by atoms with E-state index in [-0.39, 0.29) is 24.8 Å². The zero-order valence-electron chi connectivity index (χ0n) is 15.3. The Morgan fingerprint density at radius 1 is 1.07 bits per heavy atom. The van der Waals surface area contributed by atoms with Crippen LogP contribution >= 0.6 is 0 Å². The molecule has 1 heterocycles. The number of pyridine rings is 1. The summed E-state index contributed by atoms with van der Waals surface area (Å²) in [6.07, 6.45) is 1.85. The molecule has 3 rings (SSSR count). The minimum Gasteiger partial charge on any atom is -0.495 e. The smallest absolute Gasteiger partial charge is 0.226 e. The fourth-order valence-corrected chi connectivity index (χ4v) is 2.93. The highest BCUT2D eigenvalue weighted by atomic mass is 16.5. The van der Waals surface area contributed by atoms with E-state index in [2.05, 4.69) is 10.3 Å². The highest BCUT2D eigenvalue weighted by molar-refractivity contribution is 6.02. The maximum atomic E-state index is 12.4. The summed E-state index contributed by atoms with van der Waals surface area (Å²) in [5.74, 6) is 0.254. The number of amides is 2. The minimum atomic E-state index is -0.195. The summed E-state index contributed by atoms with van der Waals surface area (Å²) in [6, 6.07) is 16.7. The van der Waals surface area contributed by atoms with Gasteiger partial charge in [0.1, 0.15) is 5.75 Å². The van der Waals surface area contributed by atoms with Gasteiger partial charge >= 0.3 is 0 Å². The second kappa shape index (κ2) is 8.31. The van der Waals surface area contributed by atoms with Crippen molar-refractivity contribution < 1.29 is 14.3 Å². The molecule has 0 unspecified atom stereocenters. The van der Waals surface area contributed by atoms with E-state index in [1.807, 2.05) is 42.5 Å². The fourth-order valence-electron chi connectivity index (χ4n) is 2.93. The Labute approximate surface area is 157 Å². The van der Waals surface area contributed by atoms with Crippen LogP contribution < -0.4 is 15.0 Å². The molecule has 0 radical (unpaired) electrons. The third kappa shape index (κ3) is 4.23. The molecule has 3 aromatic rings. The number of hydrogen-bond acceptors (Lipinski definition) is 4. The molecule has 6 heteroatoms. The lowest BCUT2D eigenvalue weighted by molar-refractivity contribution is -0.117. The van der Waals surface area contributed by atoms with Gasteiger partial charge in [-0.25, -0.2) is 0 Å². The van der Waals surface area contributed by atoms with Crippen molar-refractivity contribution in [2.45, 2.75) is 13.3 Å². The van der Waals surface area contributed by atoms with Crippen LogP contribution in [0.2, 0.25) is 0 Å². The molecule has 1 aromatic heterocycles. The maximum absolute atomic E-state index is 12.4. The third-order valence-corrected chi connectivity index (χ3v) is 4.23. The first-order valence-electron chi connectivity index (χ1n) is 8.65. The summed E-state index contributed by atoms with van der Waals surface area (Å²) < 4.78 is 5.24. The molecule has 2 aromatic carbocycles. The second-order valence-electron chi connectivity index (χ2n) is 6.02. The van der Waals surface area contributed by atoms with E-state index < -0.39 is 0 Å². The number of rotatable bonds is 6. The van der Waals surface area contributed by atoms with Gasteiger partial charge in [-0.3, -0.25) is 14.6 Å². The monoisotopic (exact) mass is 363 g/mol. The molecule has 0 saturated heterocycles. The zero-order chi connectivity index (χ0) is 19.2. The summed E-state index contributed by atoms with van der Waals surface area (Å²) >= 11 is 0. The molecule has 0 bridgehead atoms. The lowest BCUT2D eigenvalue weighted by Gasteiger charge is -2.22. The van der Waals surface area contributed by atoms with Crippen LogP contribution in [0.4, 0.5) is 11.4 Å². The molecule has 0 aliphatic heterocycles. The van der Waals surface area contributed by atoms with Gasteiger partial charge in [0.25, 0.3) is 0 Å². The topological polar surface area (TPSA) is 71.5 Å². The Morgan fingerprint density at radius 2 is 1.85 bits per heavy atom. The average molecular weight is 363 g/mol. The van der Waals surface area contributed by atoms with Gasteiger partial charge in [0.05, 0.1) is 24.0 Å². The van der Waals surface area contributed by atoms with E-state index in [1.165, 1.54) is 6.92 Å². The van der Waals surface area contributed by atoms with Gasteiger partial charge in [-0.15, -0.1) is 0 Å². The van der Waals surface area contributed by atoms with Crippen molar-refractivity contribution in [3.8, 4) is 5.75 Å². The number of carbonyl (C=O) groups is 2.